The third-order valence-corrected chi connectivity index (χ3v) is 1.03. The van der Waals surface area contributed by atoms with Gasteiger partial charge in [-0.2, -0.15) is 0 Å². The first-order chi connectivity index (χ1) is 5.09. The van der Waals surface area contributed by atoms with Crippen molar-refractivity contribution < 1.29 is 9.53 Å². The quantitative estimate of drug-likeness (QED) is 0.330. The van der Waals surface area contributed by atoms with E-state index >= 15 is 0 Å². The lowest BCUT2D eigenvalue weighted by molar-refractivity contribution is -0.124. The molecule has 0 aliphatic heterocycles. The van der Waals surface area contributed by atoms with Gasteiger partial charge >= 0.3 is 0 Å². The van der Waals surface area contributed by atoms with Crippen LogP contribution >= 0.6 is 0 Å². The lowest BCUT2D eigenvalue weighted by Crippen LogP contribution is -2.22. The zero-order valence-corrected chi connectivity index (χ0v) is 6.79. The molecule has 11 heavy (non-hydrogen) atoms. The summed E-state index contributed by atoms with van der Waals surface area (Å²) in [5.74, 6) is -0.166. The van der Waals surface area contributed by atoms with Crippen LogP contribution in [0.15, 0.2) is 11.8 Å². The highest BCUT2D eigenvalue weighted by Gasteiger charge is 2.05. The van der Waals surface area contributed by atoms with E-state index in [0.29, 0.717) is 5.57 Å². The Balaban J connectivity index is 4.15. The minimum atomic E-state index is -0.166. The number of nitriles is 1. The minimum absolute atomic E-state index is 0.166. The Bertz CT molecular complexity index is 213. The van der Waals surface area contributed by atoms with Gasteiger partial charge in [-0.15, -0.1) is 5.26 Å². The first-order valence-electron chi connectivity index (χ1n) is 3.02. The van der Waals surface area contributed by atoms with Crippen LogP contribution in [0.3, 0.4) is 0 Å². The van der Waals surface area contributed by atoms with E-state index in [1.165, 1.54) is 11.2 Å². The minimum Gasteiger partial charge on any atom is -0.396 e. The Labute approximate surface area is 65.7 Å². The standard InChI is InChI=1S/C7H10N2O2/c1-6(4-11-5-8)7(10)9(2)3/h4H,1-3H3/b6-4+. The number of carbonyl (C=O) groups is 1. The molecule has 0 saturated heterocycles. The zero-order chi connectivity index (χ0) is 8.85. The van der Waals surface area contributed by atoms with Gasteiger partial charge in [0.25, 0.3) is 12.2 Å². The van der Waals surface area contributed by atoms with Crippen LogP contribution in [0, 0.1) is 11.5 Å². The van der Waals surface area contributed by atoms with Gasteiger partial charge in [0.15, 0.2) is 0 Å². The number of carbonyl (C=O) groups excluding carboxylic acids is 1. The molecule has 0 bridgehead atoms. The molecule has 0 N–H and O–H groups in total. The van der Waals surface area contributed by atoms with Gasteiger partial charge in [-0.05, 0) is 6.92 Å². The largest absolute Gasteiger partial charge is 0.396 e. The summed E-state index contributed by atoms with van der Waals surface area (Å²) in [5.41, 5.74) is 0.400. The number of hydrogen-bond acceptors (Lipinski definition) is 3. The Morgan fingerprint density at radius 2 is 2.18 bits per heavy atom. The van der Waals surface area contributed by atoms with E-state index in [0.717, 1.165) is 6.26 Å². The molecule has 1 amide bonds. The van der Waals surface area contributed by atoms with Crippen molar-refractivity contribution in [2.45, 2.75) is 6.92 Å². The molecule has 60 valence electrons. The van der Waals surface area contributed by atoms with Crippen LogP contribution in [0.2, 0.25) is 0 Å². The van der Waals surface area contributed by atoms with Crippen LogP contribution in [-0.4, -0.2) is 24.9 Å². The lowest BCUT2D eigenvalue weighted by Gasteiger charge is -2.08. The fraction of sp³-hybridized carbons (Fsp3) is 0.429. The van der Waals surface area contributed by atoms with Crippen molar-refractivity contribution >= 4 is 5.91 Å². The Hall–Kier alpha value is -1.50. The van der Waals surface area contributed by atoms with E-state index in [1.54, 1.807) is 21.0 Å². The number of rotatable bonds is 2. The van der Waals surface area contributed by atoms with Gasteiger partial charge in [0.1, 0.15) is 6.26 Å². The summed E-state index contributed by atoms with van der Waals surface area (Å²) in [4.78, 5) is 12.4. The normalized spacial score (nSPS) is 10.2. The molecule has 0 spiro atoms. The van der Waals surface area contributed by atoms with Crippen molar-refractivity contribution in [2.75, 3.05) is 14.1 Å². The van der Waals surface area contributed by atoms with Gasteiger partial charge in [0.05, 0.1) is 5.57 Å². The second-order valence-electron chi connectivity index (χ2n) is 2.21. The summed E-state index contributed by atoms with van der Waals surface area (Å²) in [6, 6.07) is 0. The van der Waals surface area contributed by atoms with E-state index in [2.05, 4.69) is 4.74 Å². The van der Waals surface area contributed by atoms with Gasteiger partial charge in [0.2, 0.25) is 0 Å². The van der Waals surface area contributed by atoms with Gasteiger partial charge < -0.3 is 9.64 Å². The van der Waals surface area contributed by atoms with Crippen molar-refractivity contribution in [1.29, 1.82) is 5.26 Å². The maximum atomic E-state index is 11.0. The first kappa shape index (κ1) is 9.50. The molecule has 0 aromatic carbocycles. The molecule has 0 saturated carbocycles. The summed E-state index contributed by atoms with van der Waals surface area (Å²) in [6.45, 7) is 1.58. The second kappa shape index (κ2) is 4.34. The van der Waals surface area contributed by atoms with Crippen molar-refractivity contribution in [3.63, 3.8) is 0 Å². The predicted molar refractivity (Wildman–Crippen MR) is 39.1 cm³/mol. The van der Waals surface area contributed by atoms with E-state index in [1.807, 2.05) is 0 Å². The second-order valence-corrected chi connectivity index (χ2v) is 2.21. The van der Waals surface area contributed by atoms with Crippen LogP contribution < -0.4 is 0 Å². The molecule has 0 rings (SSSR count). The van der Waals surface area contributed by atoms with Gasteiger partial charge in [-0.3, -0.25) is 4.79 Å². The SMILES string of the molecule is C/C(=C\OC#N)C(=O)N(C)C. The molecule has 0 fully saturated rings. The van der Waals surface area contributed by atoms with Crippen LogP contribution in [0.1, 0.15) is 6.92 Å². The maximum Gasteiger partial charge on any atom is 0.291 e. The fourth-order valence-electron chi connectivity index (χ4n) is 0.518. The molecule has 0 radical (unpaired) electrons. The number of nitrogens with zero attached hydrogens (tertiary/aromatic N) is 2. The number of amides is 1. The lowest BCUT2D eigenvalue weighted by atomic mass is 10.3. The number of likely N-dealkylation sites (N-methyl/N-ethyl adjacent to an activating group) is 1. The summed E-state index contributed by atoms with van der Waals surface area (Å²) in [5, 5.41) is 7.99. The van der Waals surface area contributed by atoms with E-state index in [4.69, 9.17) is 5.26 Å². The maximum absolute atomic E-state index is 11.0. The molecular formula is C7H10N2O2. The highest BCUT2D eigenvalue weighted by atomic mass is 16.5. The summed E-state index contributed by atoms with van der Waals surface area (Å²) in [6.07, 6.45) is 2.57. The average Bonchev–Trinajstić information content (AvgIpc) is 1.98. The Morgan fingerprint density at radius 3 is 2.55 bits per heavy atom. The van der Waals surface area contributed by atoms with E-state index < -0.39 is 0 Å². The molecule has 0 aliphatic carbocycles. The van der Waals surface area contributed by atoms with Crippen molar-refractivity contribution in [2.24, 2.45) is 0 Å². The molecule has 4 heteroatoms. The van der Waals surface area contributed by atoms with E-state index in [-0.39, 0.29) is 5.91 Å². The van der Waals surface area contributed by atoms with Crippen LogP contribution in [0.4, 0.5) is 0 Å². The topological polar surface area (TPSA) is 53.3 Å². The molecule has 0 atom stereocenters. The third-order valence-electron chi connectivity index (χ3n) is 1.03. The van der Waals surface area contributed by atoms with Gasteiger partial charge in [-0.1, -0.05) is 0 Å². The number of hydrogen-bond donors (Lipinski definition) is 0. The molecule has 0 aromatic rings. The average molecular weight is 154 g/mol. The highest BCUT2D eigenvalue weighted by molar-refractivity contribution is 5.92. The number of ether oxygens (including phenoxy) is 1. The summed E-state index contributed by atoms with van der Waals surface area (Å²) in [7, 11) is 3.26. The molecular weight excluding hydrogens is 144 g/mol. The Morgan fingerprint density at radius 1 is 1.64 bits per heavy atom. The van der Waals surface area contributed by atoms with Gasteiger partial charge in [0, 0.05) is 14.1 Å². The summed E-state index contributed by atoms with van der Waals surface area (Å²) < 4.78 is 4.26. The van der Waals surface area contributed by atoms with Crippen molar-refractivity contribution in [1.82, 2.24) is 4.90 Å². The molecule has 0 aromatic heterocycles. The van der Waals surface area contributed by atoms with Crippen LogP contribution in [0.5, 0.6) is 0 Å². The molecule has 0 heterocycles. The molecule has 4 nitrogen and oxygen atoms in total. The summed E-state index contributed by atoms with van der Waals surface area (Å²) >= 11 is 0. The first-order valence-corrected chi connectivity index (χ1v) is 3.02. The monoisotopic (exact) mass is 154 g/mol. The van der Waals surface area contributed by atoms with Crippen molar-refractivity contribution in [3.05, 3.63) is 11.8 Å². The van der Waals surface area contributed by atoms with Crippen LogP contribution in [-0.2, 0) is 9.53 Å². The zero-order valence-electron chi connectivity index (χ0n) is 6.79. The third kappa shape index (κ3) is 3.26. The predicted octanol–water partition coefficient (Wildman–Crippen LogP) is 0.476. The fourth-order valence-corrected chi connectivity index (χ4v) is 0.518. The smallest absolute Gasteiger partial charge is 0.291 e. The van der Waals surface area contributed by atoms with Gasteiger partial charge in [-0.25, -0.2) is 0 Å². The Kier molecular flexibility index (Phi) is 3.75. The van der Waals surface area contributed by atoms with E-state index in [9.17, 15) is 4.79 Å². The van der Waals surface area contributed by atoms with Crippen LogP contribution in [0.25, 0.3) is 0 Å². The highest BCUT2D eigenvalue weighted by Crippen LogP contribution is 1.96. The van der Waals surface area contributed by atoms with Crippen molar-refractivity contribution in [3.8, 4) is 6.26 Å². The molecule has 0 aliphatic rings. The molecule has 0 unspecified atom stereocenters.